The maximum absolute atomic E-state index is 12.4. The number of rotatable bonds is 8. The van der Waals surface area contributed by atoms with E-state index in [4.69, 9.17) is 32.7 Å². The molecule has 1 heterocycles. The first-order valence-electron chi connectivity index (χ1n) is 11.5. The van der Waals surface area contributed by atoms with Gasteiger partial charge in [0.1, 0.15) is 11.9 Å². The number of amides is 1. The summed E-state index contributed by atoms with van der Waals surface area (Å²) in [6, 6.07) is 16.2. The van der Waals surface area contributed by atoms with Crippen LogP contribution >= 0.6 is 23.2 Å². The number of allylic oxidation sites excluding steroid dienone is 1. The van der Waals surface area contributed by atoms with E-state index in [1.165, 1.54) is 0 Å². The Morgan fingerprint density at radius 3 is 2.49 bits per heavy atom. The lowest BCUT2D eigenvalue weighted by Crippen LogP contribution is -2.20. The fourth-order valence-corrected chi connectivity index (χ4v) is 4.21. The zero-order chi connectivity index (χ0) is 26.5. The summed E-state index contributed by atoms with van der Waals surface area (Å²) in [5.74, 6) is 0.944. The molecule has 4 rings (SSSR count). The average molecular weight is 535 g/mol. The Labute approximate surface area is 224 Å². The number of nitriles is 1. The van der Waals surface area contributed by atoms with Crippen LogP contribution in [-0.2, 0) is 4.79 Å². The first kappa shape index (κ1) is 26.1. The van der Waals surface area contributed by atoms with Gasteiger partial charge in [0, 0.05) is 15.7 Å². The molecule has 0 unspecified atom stereocenters. The van der Waals surface area contributed by atoms with Crippen molar-refractivity contribution in [1.82, 2.24) is 9.97 Å². The molecule has 0 aliphatic carbocycles. The Balaban J connectivity index is 1.53. The number of H-pyrrole nitrogens is 1. The van der Waals surface area contributed by atoms with Gasteiger partial charge in [-0.2, -0.15) is 5.26 Å². The Hall–Kier alpha value is -3.99. The lowest BCUT2D eigenvalue weighted by molar-refractivity contribution is -0.118. The van der Waals surface area contributed by atoms with Gasteiger partial charge in [0.15, 0.2) is 18.1 Å². The second-order valence-corrected chi connectivity index (χ2v) is 9.22. The first-order chi connectivity index (χ1) is 17.7. The molecule has 1 amide bonds. The smallest absolute Gasteiger partial charge is 0.262 e. The van der Waals surface area contributed by atoms with Crippen LogP contribution in [-0.4, -0.2) is 29.1 Å². The number of aromatic amines is 1. The molecule has 0 spiro atoms. The van der Waals surface area contributed by atoms with Gasteiger partial charge in [0.2, 0.25) is 0 Å². The van der Waals surface area contributed by atoms with Crippen LogP contribution in [0.15, 0.2) is 48.5 Å². The van der Waals surface area contributed by atoms with E-state index in [1.807, 2.05) is 32.9 Å². The second kappa shape index (κ2) is 11.4. The number of carbonyl (C=O) groups is 1. The molecular formula is C28H24Cl2N4O3. The molecule has 1 aromatic heterocycles. The van der Waals surface area contributed by atoms with Crippen molar-refractivity contribution < 1.29 is 14.3 Å². The number of nitrogens with zero attached hydrogens (tertiary/aromatic N) is 2. The van der Waals surface area contributed by atoms with Crippen molar-refractivity contribution >= 4 is 57.5 Å². The molecule has 3 aromatic carbocycles. The Kier molecular flexibility index (Phi) is 8.02. The minimum absolute atomic E-state index is 0.249. The van der Waals surface area contributed by atoms with E-state index < -0.39 is 0 Å². The topological polar surface area (TPSA) is 100 Å². The third-order valence-electron chi connectivity index (χ3n) is 5.56. The van der Waals surface area contributed by atoms with Crippen LogP contribution in [0.25, 0.3) is 22.7 Å². The van der Waals surface area contributed by atoms with Crippen molar-refractivity contribution in [2.45, 2.75) is 20.8 Å². The molecule has 0 saturated heterocycles. The molecule has 188 valence electrons. The Morgan fingerprint density at radius 1 is 1.05 bits per heavy atom. The van der Waals surface area contributed by atoms with Crippen LogP contribution in [0.4, 0.5) is 5.69 Å². The summed E-state index contributed by atoms with van der Waals surface area (Å²) in [5.41, 5.74) is 5.52. The van der Waals surface area contributed by atoms with E-state index in [-0.39, 0.29) is 12.5 Å². The summed E-state index contributed by atoms with van der Waals surface area (Å²) in [4.78, 5) is 20.2. The van der Waals surface area contributed by atoms with Crippen molar-refractivity contribution in [3.05, 3.63) is 81.1 Å². The monoisotopic (exact) mass is 534 g/mol. The van der Waals surface area contributed by atoms with Gasteiger partial charge < -0.3 is 19.8 Å². The first-order valence-corrected chi connectivity index (χ1v) is 12.3. The molecule has 0 saturated carbocycles. The lowest BCUT2D eigenvalue weighted by atomic mass is 10.1. The molecule has 0 atom stereocenters. The van der Waals surface area contributed by atoms with Crippen LogP contribution in [0.3, 0.4) is 0 Å². The molecule has 0 radical (unpaired) electrons. The highest BCUT2D eigenvalue weighted by atomic mass is 35.5. The zero-order valence-corrected chi connectivity index (χ0v) is 22.0. The van der Waals surface area contributed by atoms with Crippen molar-refractivity contribution in [3.8, 4) is 17.6 Å². The number of halogens is 2. The predicted octanol–water partition coefficient (Wildman–Crippen LogP) is 6.97. The number of fused-ring (bicyclic) bond motifs is 1. The maximum atomic E-state index is 12.4. The van der Waals surface area contributed by atoms with Gasteiger partial charge in [-0.15, -0.1) is 0 Å². The van der Waals surface area contributed by atoms with E-state index in [2.05, 4.69) is 21.4 Å². The molecule has 0 aliphatic heterocycles. The lowest BCUT2D eigenvalue weighted by Gasteiger charge is -2.13. The van der Waals surface area contributed by atoms with E-state index in [0.717, 1.165) is 27.7 Å². The number of aryl methyl sites for hydroxylation is 2. The van der Waals surface area contributed by atoms with E-state index in [1.54, 1.807) is 42.5 Å². The fourth-order valence-electron chi connectivity index (χ4n) is 3.69. The van der Waals surface area contributed by atoms with Crippen LogP contribution in [0.2, 0.25) is 10.0 Å². The van der Waals surface area contributed by atoms with E-state index in [9.17, 15) is 10.1 Å². The Morgan fingerprint density at radius 2 is 1.78 bits per heavy atom. The number of aromatic nitrogens is 2. The van der Waals surface area contributed by atoms with Gasteiger partial charge in [-0.05, 0) is 86.0 Å². The zero-order valence-electron chi connectivity index (χ0n) is 20.5. The number of hydrogen-bond acceptors (Lipinski definition) is 5. The van der Waals surface area contributed by atoms with Gasteiger partial charge in [0.05, 0.1) is 23.2 Å². The van der Waals surface area contributed by atoms with E-state index >= 15 is 0 Å². The van der Waals surface area contributed by atoms with Crippen LogP contribution in [0, 0.1) is 25.2 Å². The molecular weight excluding hydrogens is 511 g/mol. The van der Waals surface area contributed by atoms with Crippen LogP contribution in [0.1, 0.15) is 29.4 Å². The summed E-state index contributed by atoms with van der Waals surface area (Å²) >= 11 is 12.0. The van der Waals surface area contributed by atoms with Gasteiger partial charge in [0.25, 0.3) is 5.91 Å². The molecule has 2 N–H and O–H groups in total. The second-order valence-electron chi connectivity index (χ2n) is 8.34. The number of ether oxygens (including phenoxy) is 2. The molecule has 4 aromatic rings. The third kappa shape index (κ3) is 6.42. The van der Waals surface area contributed by atoms with Crippen molar-refractivity contribution in [3.63, 3.8) is 0 Å². The van der Waals surface area contributed by atoms with Gasteiger partial charge in [-0.1, -0.05) is 29.3 Å². The highest BCUT2D eigenvalue weighted by molar-refractivity contribution is 6.35. The summed E-state index contributed by atoms with van der Waals surface area (Å²) in [6.07, 6.45) is 1.72. The Bertz CT molecular complexity index is 1490. The van der Waals surface area contributed by atoms with E-state index in [0.29, 0.717) is 45.2 Å². The SMILES string of the molecule is CCOc1cc(/C=C(\C#N)c2nc3cc(C)c(C)cc3[nH]2)ccc1OCC(=O)Nc1cc(Cl)cc(Cl)c1. The molecule has 0 fully saturated rings. The average Bonchev–Trinajstić information content (AvgIpc) is 3.24. The number of benzene rings is 3. The predicted molar refractivity (Wildman–Crippen MR) is 147 cm³/mol. The quantitative estimate of drug-likeness (QED) is 0.238. The van der Waals surface area contributed by atoms with Crippen molar-refractivity contribution in [2.24, 2.45) is 0 Å². The number of anilines is 1. The fraction of sp³-hybridized carbons (Fsp3) is 0.179. The molecule has 0 bridgehead atoms. The minimum Gasteiger partial charge on any atom is -0.490 e. The largest absolute Gasteiger partial charge is 0.490 e. The number of carbonyl (C=O) groups excluding carboxylic acids is 1. The maximum Gasteiger partial charge on any atom is 0.262 e. The van der Waals surface area contributed by atoms with Crippen LogP contribution < -0.4 is 14.8 Å². The molecule has 37 heavy (non-hydrogen) atoms. The van der Waals surface area contributed by atoms with Crippen molar-refractivity contribution in [1.29, 1.82) is 5.26 Å². The summed E-state index contributed by atoms with van der Waals surface area (Å²) in [7, 11) is 0. The van der Waals surface area contributed by atoms with Crippen LogP contribution in [0.5, 0.6) is 11.5 Å². The highest BCUT2D eigenvalue weighted by Crippen LogP contribution is 2.31. The molecule has 9 heteroatoms. The van der Waals surface area contributed by atoms with Gasteiger partial charge in [-0.3, -0.25) is 4.79 Å². The normalized spacial score (nSPS) is 11.3. The number of hydrogen-bond donors (Lipinski definition) is 2. The van der Waals surface area contributed by atoms with Crippen molar-refractivity contribution in [2.75, 3.05) is 18.5 Å². The molecule has 0 aliphatic rings. The minimum atomic E-state index is -0.383. The number of nitrogens with one attached hydrogen (secondary N) is 2. The summed E-state index contributed by atoms with van der Waals surface area (Å²) in [5, 5.41) is 13.3. The standard InChI is InChI=1S/C28H24Cl2N4O3/c1-4-36-26-10-18(9-19(14-31)28-33-23-7-16(2)17(3)8-24(23)34-28)5-6-25(26)37-15-27(35)32-22-12-20(29)11-21(30)13-22/h5-13H,4,15H2,1-3H3,(H,32,35)(H,33,34)/b19-9+. The summed E-state index contributed by atoms with van der Waals surface area (Å²) in [6.45, 7) is 6.05. The third-order valence-corrected chi connectivity index (χ3v) is 5.99. The molecule has 7 nitrogen and oxygen atoms in total. The van der Waals surface area contributed by atoms with Gasteiger partial charge in [-0.25, -0.2) is 4.98 Å². The highest BCUT2D eigenvalue weighted by Gasteiger charge is 2.13. The van der Waals surface area contributed by atoms with Gasteiger partial charge >= 0.3 is 0 Å². The summed E-state index contributed by atoms with van der Waals surface area (Å²) < 4.78 is 11.4. The number of imidazole rings is 1.